The van der Waals surface area contributed by atoms with Crippen LogP contribution in [-0.2, 0) is 11.2 Å². The molecule has 1 aliphatic rings. The van der Waals surface area contributed by atoms with Gasteiger partial charge >= 0.3 is 0 Å². The van der Waals surface area contributed by atoms with Crippen molar-refractivity contribution in [2.75, 3.05) is 19.6 Å². The lowest BCUT2D eigenvalue weighted by Gasteiger charge is -2.21. The predicted octanol–water partition coefficient (Wildman–Crippen LogP) is 1.11. The highest BCUT2D eigenvalue weighted by Gasteiger charge is 2.20. The van der Waals surface area contributed by atoms with E-state index in [4.69, 9.17) is 0 Å². The number of rotatable bonds is 4. The minimum atomic E-state index is 0.154. The fraction of sp³-hybridized carbons (Fsp3) is 0.667. The molecule has 0 aromatic carbocycles. The smallest absolute Gasteiger partial charge is 0.224 e. The van der Waals surface area contributed by atoms with E-state index in [1.54, 1.807) is 11.3 Å². The Labute approximate surface area is 106 Å². The molecule has 1 fully saturated rings. The Morgan fingerprint density at radius 1 is 1.71 bits per heavy atom. The Balaban J connectivity index is 1.69. The summed E-state index contributed by atoms with van der Waals surface area (Å²) >= 11 is 1.66. The van der Waals surface area contributed by atoms with Crippen LogP contribution in [-0.4, -0.2) is 30.5 Å². The summed E-state index contributed by atoms with van der Waals surface area (Å²) < 4.78 is 0. The Morgan fingerprint density at radius 3 is 3.24 bits per heavy atom. The maximum atomic E-state index is 11.8. The third-order valence-corrected chi connectivity index (χ3v) is 3.84. The third-order valence-electron chi connectivity index (χ3n) is 3.01. The zero-order valence-electron chi connectivity index (χ0n) is 10.2. The van der Waals surface area contributed by atoms with Gasteiger partial charge in [-0.25, -0.2) is 4.98 Å². The van der Waals surface area contributed by atoms with E-state index in [-0.39, 0.29) is 11.8 Å². The summed E-state index contributed by atoms with van der Waals surface area (Å²) in [5.74, 6) is 0.338. The molecular formula is C12H19N3OS. The molecule has 5 heteroatoms. The first-order chi connectivity index (χ1) is 8.25. The summed E-state index contributed by atoms with van der Waals surface area (Å²) in [6.07, 6.45) is 2.94. The van der Waals surface area contributed by atoms with E-state index >= 15 is 0 Å². The molecule has 1 aromatic rings. The van der Waals surface area contributed by atoms with Gasteiger partial charge in [-0.05, 0) is 26.3 Å². The zero-order chi connectivity index (χ0) is 12.1. The van der Waals surface area contributed by atoms with Gasteiger partial charge in [-0.1, -0.05) is 0 Å². The van der Waals surface area contributed by atoms with Gasteiger partial charge in [0.2, 0.25) is 5.91 Å². The van der Waals surface area contributed by atoms with Crippen molar-refractivity contribution in [1.82, 2.24) is 15.6 Å². The van der Waals surface area contributed by atoms with Gasteiger partial charge in [-0.15, -0.1) is 11.3 Å². The normalized spacial score (nSPS) is 20.2. The number of hydrogen-bond acceptors (Lipinski definition) is 4. The third kappa shape index (κ3) is 3.78. The number of nitrogens with zero attached hydrogens (tertiary/aromatic N) is 1. The van der Waals surface area contributed by atoms with Crippen molar-refractivity contribution in [3.8, 4) is 0 Å². The van der Waals surface area contributed by atoms with Gasteiger partial charge < -0.3 is 10.6 Å². The number of nitrogens with one attached hydrogen (secondary N) is 2. The topological polar surface area (TPSA) is 54.0 Å². The Morgan fingerprint density at radius 2 is 2.59 bits per heavy atom. The van der Waals surface area contributed by atoms with Crippen molar-refractivity contribution in [3.63, 3.8) is 0 Å². The number of thiazole rings is 1. The minimum absolute atomic E-state index is 0.154. The lowest BCUT2D eigenvalue weighted by Crippen LogP contribution is -2.41. The molecule has 4 nitrogen and oxygen atoms in total. The van der Waals surface area contributed by atoms with Crippen molar-refractivity contribution in [2.24, 2.45) is 5.92 Å². The molecule has 1 aliphatic heterocycles. The standard InChI is InChI=1S/C12H19N3OS/c1-9-15-11(8-17-9)4-6-14-12(16)10-3-2-5-13-7-10/h8,10,13H,2-7H2,1H3,(H,14,16)/t10-/m0/s1. The molecule has 1 aromatic heterocycles. The highest BCUT2D eigenvalue weighted by atomic mass is 32.1. The van der Waals surface area contributed by atoms with E-state index in [2.05, 4.69) is 21.0 Å². The van der Waals surface area contributed by atoms with E-state index in [1.165, 1.54) is 0 Å². The molecule has 0 spiro atoms. The van der Waals surface area contributed by atoms with E-state index < -0.39 is 0 Å². The molecule has 17 heavy (non-hydrogen) atoms. The van der Waals surface area contributed by atoms with Crippen molar-refractivity contribution >= 4 is 17.2 Å². The van der Waals surface area contributed by atoms with Crippen molar-refractivity contribution in [3.05, 3.63) is 16.1 Å². The first-order valence-corrected chi connectivity index (χ1v) is 7.03. The molecule has 1 saturated heterocycles. The second-order valence-electron chi connectivity index (χ2n) is 4.44. The number of aromatic nitrogens is 1. The minimum Gasteiger partial charge on any atom is -0.355 e. The van der Waals surface area contributed by atoms with Gasteiger partial charge in [-0.3, -0.25) is 4.79 Å². The lowest BCUT2D eigenvalue weighted by atomic mass is 9.99. The molecule has 0 saturated carbocycles. The van der Waals surface area contributed by atoms with Crippen LogP contribution in [0.15, 0.2) is 5.38 Å². The summed E-state index contributed by atoms with van der Waals surface area (Å²) in [6.45, 7) is 4.56. The molecule has 1 atom stereocenters. The van der Waals surface area contributed by atoms with Gasteiger partial charge in [0.25, 0.3) is 0 Å². The quantitative estimate of drug-likeness (QED) is 0.845. The summed E-state index contributed by atoms with van der Waals surface area (Å²) in [7, 11) is 0. The fourth-order valence-electron chi connectivity index (χ4n) is 2.06. The van der Waals surface area contributed by atoms with Gasteiger partial charge in [-0.2, -0.15) is 0 Å². The van der Waals surface area contributed by atoms with Crippen LogP contribution in [0, 0.1) is 12.8 Å². The molecule has 0 bridgehead atoms. The van der Waals surface area contributed by atoms with Crippen LogP contribution in [0.4, 0.5) is 0 Å². The van der Waals surface area contributed by atoms with E-state index in [9.17, 15) is 4.79 Å². The van der Waals surface area contributed by atoms with Gasteiger partial charge in [0.15, 0.2) is 0 Å². The summed E-state index contributed by atoms with van der Waals surface area (Å²) in [5, 5.41) is 9.40. The van der Waals surface area contributed by atoms with Gasteiger partial charge in [0.05, 0.1) is 16.6 Å². The average molecular weight is 253 g/mol. The maximum absolute atomic E-state index is 11.8. The maximum Gasteiger partial charge on any atom is 0.224 e. The number of carbonyl (C=O) groups is 1. The molecular weight excluding hydrogens is 234 g/mol. The van der Waals surface area contributed by atoms with Crippen LogP contribution in [0.5, 0.6) is 0 Å². The highest BCUT2D eigenvalue weighted by molar-refractivity contribution is 7.09. The molecule has 2 heterocycles. The van der Waals surface area contributed by atoms with Crippen LogP contribution in [0.3, 0.4) is 0 Å². The monoisotopic (exact) mass is 253 g/mol. The Hall–Kier alpha value is -0.940. The van der Waals surface area contributed by atoms with Crippen molar-refractivity contribution in [1.29, 1.82) is 0 Å². The second kappa shape index (κ2) is 6.12. The number of amides is 1. The highest BCUT2D eigenvalue weighted by Crippen LogP contribution is 2.10. The summed E-state index contributed by atoms with van der Waals surface area (Å²) in [5.41, 5.74) is 1.08. The van der Waals surface area contributed by atoms with Crippen LogP contribution >= 0.6 is 11.3 Å². The summed E-state index contributed by atoms with van der Waals surface area (Å²) in [4.78, 5) is 16.2. The van der Waals surface area contributed by atoms with Crippen molar-refractivity contribution in [2.45, 2.75) is 26.2 Å². The SMILES string of the molecule is Cc1nc(CCNC(=O)[C@H]2CCCNC2)cs1. The van der Waals surface area contributed by atoms with Crippen molar-refractivity contribution < 1.29 is 4.79 Å². The summed E-state index contributed by atoms with van der Waals surface area (Å²) in [6, 6.07) is 0. The Bertz CT molecular complexity index is 372. The number of piperidine rings is 1. The molecule has 94 valence electrons. The molecule has 2 N–H and O–H groups in total. The molecule has 2 rings (SSSR count). The predicted molar refractivity (Wildman–Crippen MR) is 69.2 cm³/mol. The molecule has 0 aliphatic carbocycles. The second-order valence-corrected chi connectivity index (χ2v) is 5.50. The fourth-order valence-corrected chi connectivity index (χ4v) is 2.70. The number of carbonyl (C=O) groups excluding carboxylic acids is 1. The zero-order valence-corrected chi connectivity index (χ0v) is 11.0. The van der Waals surface area contributed by atoms with Crippen LogP contribution < -0.4 is 10.6 Å². The molecule has 0 radical (unpaired) electrons. The van der Waals surface area contributed by atoms with Crippen LogP contribution in [0.1, 0.15) is 23.5 Å². The lowest BCUT2D eigenvalue weighted by molar-refractivity contribution is -0.125. The van der Waals surface area contributed by atoms with Gasteiger partial charge in [0.1, 0.15) is 0 Å². The largest absolute Gasteiger partial charge is 0.355 e. The van der Waals surface area contributed by atoms with E-state index in [1.807, 2.05) is 6.92 Å². The Kier molecular flexibility index (Phi) is 4.50. The average Bonchev–Trinajstić information content (AvgIpc) is 2.76. The van der Waals surface area contributed by atoms with Gasteiger partial charge in [0, 0.05) is 24.9 Å². The number of aryl methyl sites for hydroxylation is 1. The van der Waals surface area contributed by atoms with Crippen LogP contribution in [0.25, 0.3) is 0 Å². The van der Waals surface area contributed by atoms with E-state index in [0.29, 0.717) is 6.54 Å². The first-order valence-electron chi connectivity index (χ1n) is 6.15. The number of hydrogen-bond donors (Lipinski definition) is 2. The van der Waals surface area contributed by atoms with Crippen LogP contribution in [0.2, 0.25) is 0 Å². The molecule has 0 unspecified atom stereocenters. The molecule has 1 amide bonds. The first kappa shape index (κ1) is 12.5. The van der Waals surface area contributed by atoms with E-state index in [0.717, 1.165) is 43.1 Å².